The molecule has 1 heterocycles. The molecule has 0 saturated carbocycles. The zero-order chi connectivity index (χ0) is 8.55. The first-order valence-corrected chi connectivity index (χ1v) is 3.74. The Hall–Kier alpha value is -1.28. The number of benzene rings is 1. The molecular weight excluding hydrogens is 176 g/mol. The standard InChI is InChI=1S/C9H4ClO2/c10-7-3-1-6-2-4-9(11)12-8(6)5-7/h1-2,4-5H. The van der Waals surface area contributed by atoms with Gasteiger partial charge in [-0.05, 0) is 12.1 Å². The molecule has 0 amide bonds. The molecule has 0 bridgehead atoms. The van der Waals surface area contributed by atoms with Crippen LogP contribution in [-0.2, 0) is 0 Å². The molecule has 0 saturated heterocycles. The minimum absolute atomic E-state index is 0.371. The third-order valence-electron chi connectivity index (χ3n) is 1.52. The molecule has 2 rings (SSSR count). The summed E-state index contributed by atoms with van der Waals surface area (Å²) in [5, 5.41) is 1.26. The summed E-state index contributed by atoms with van der Waals surface area (Å²) in [6, 6.07) is 9.09. The first-order valence-electron chi connectivity index (χ1n) is 3.37. The van der Waals surface area contributed by atoms with Crippen molar-refractivity contribution in [3.63, 3.8) is 0 Å². The van der Waals surface area contributed by atoms with Crippen molar-refractivity contribution >= 4 is 22.6 Å². The molecule has 1 radical (unpaired) electrons. The van der Waals surface area contributed by atoms with E-state index in [-0.39, 0.29) is 5.63 Å². The van der Waals surface area contributed by atoms with E-state index in [1.807, 2.05) is 0 Å². The van der Waals surface area contributed by atoms with E-state index in [9.17, 15) is 4.79 Å². The van der Waals surface area contributed by atoms with Crippen LogP contribution in [0.2, 0.25) is 5.02 Å². The Morgan fingerprint density at radius 3 is 3.08 bits per heavy atom. The van der Waals surface area contributed by atoms with Crippen LogP contribution in [0.15, 0.2) is 33.5 Å². The minimum Gasteiger partial charge on any atom is -0.423 e. The van der Waals surface area contributed by atoms with Gasteiger partial charge in [-0.15, -0.1) is 0 Å². The van der Waals surface area contributed by atoms with Crippen molar-refractivity contribution in [1.29, 1.82) is 0 Å². The number of halogens is 1. The Labute approximate surface area is 73.4 Å². The van der Waals surface area contributed by atoms with Gasteiger partial charge in [-0.1, -0.05) is 11.6 Å². The van der Waals surface area contributed by atoms with Crippen molar-refractivity contribution in [2.24, 2.45) is 0 Å². The third-order valence-corrected chi connectivity index (χ3v) is 1.74. The third kappa shape index (κ3) is 1.21. The Kier molecular flexibility index (Phi) is 1.62. The molecule has 0 unspecified atom stereocenters. The first-order chi connectivity index (χ1) is 5.75. The second kappa shape index (κ2) is 2.64. The van der Waals surface area contributed by atoms with Crippen LogP contribution in [0, 0.1) is 6.07 Å². The Bertz CT molecular complexity index is 473. The highest BCUT2D eigenvalue weighted by atomic mass is 35.5. The van der Waals surface area contributed by atoms with Crippen LogP contribution in [-0.4, -0.2) is 0 Å². The quantitative estimate of drug-likeness (QED) is 0.581. The van der Waals surface area contributed by atoms with Gasteiger partial charge in [0.15, 0.2) is 0 Å². The predicted octanol–water partition coefficient (Wildman–Crippen LogP) is 2.25. The van der Waals surface area contributed by atoms with Crippen molar-refractivity contribution in [3.8, 4) is 0 Å². The maximum absolute atomic E-state index is 10.8. The van der Waals surface area contributed by atoms with Crippen molar-refractivity contribution in [2.45, 2.75) is 0 Å². The highest BCUT2D eigenvalue weighted by Crippen LogP contribution is 2.16. The predicted molar refractivity (Wildman–Crippen MR) is 46.3 cm³/mol. The lowest BCUT2D eigenvalue weighted by atomic mass is 10.2. The van der Waals surface area contributed by atoms with Gasteiger partial charge in [-0.25, -0.2) is 4.79 Å². The average molecular weight is 180 g/mol. The Morgan fingerprint density at radius 1 is 1.42 bits per heavy atom. The van der Waals surface area contributed by atoms with Crippen molar-refractivity contribution < 1.29 is 4.42 Å². The number of hydrogen-bond donors (Lipinski definition) is 0. The minimum atomic E-state index is -0.371. The summed E-state index contributed by atoms with van der Waals surface area (Å²) < 4.78 is 4.88. The molecule has 0 aliphatic carbocycles. The molecule has 12 heavy (non-hydrogen) atoms. The van der Waals surface area contributed by atoms with Gasteiger partial charge >= 0.3 is 5.63 Å². The van der Waals surface area contributed by atoms with Gasteiger partial charge < -0.3 is 4.42 Å². The topological polar surface area (TPSA) is 30.2 Å². The van der Waals surface area contributed by atoms with E-state index in [4.69, 9.17) is 16.0 Å². The lowest BCUT2D eigenvalue weighted by Crippen LogP contribution is -1.93. The van der Waals surface area contributed by atoms with E-state index in [0.717, 1.165) is 5.39 Å². The van der Waals surface area contributed by atoms with Gasteiger partial charge in [0.05, 0.1) is 5.02 Å². The van der Waals surface area contributed by atoms with Gasteiger partial charge in [0.1, 0.15) is 5.58 Å². The fraction of sp³-hybridized carbons (Fsp3) is 0. The molecule has 2 nitrogen and oxygen atoms in total. The maximum Gasteiger partial charge on any atom is 0.336 e. The molecule has 0 aliphatic rings. The SMILES string of the molecule is O=c1ccc2c[c]c(Cl)cc2o1. The fourth-order valence-corrected chi connectivity index (χ4v) is 1.13. The lowest BCUT2D eigenvalue weighted by molar-refractivity contribution is 0.561. The highest BCUT2D eigenvalue weighted by molar-refractivity contribution is 6.31. The Morgan fingerprint density at radius 2 is 2.25 bits per heavy atom. The summed E-state index contributed by atoms with van der Waals surface area (Å²) in [5.41, 5.74) is 0.121. The van der Waals surface area contributed by atoms with Crippen LogP contribution in [0.1, 0.15) is 0 Å². The second-order valence-electron chi connectivity index (χ2n) is 2.35. The van der Waals surface area contributed by atoms with Crippen molar-refractivity contribution in [2.75, 3.05) is 0 Å². The molecule has 59 valence electrons. The summed E-state index contributed by atoms with van der Waals surface area (Å²) in [6.45, 7) is 0. The van der Waals surface area contributed by atoms with Gasteiger partial charge in [-0.3, -0.25) is 0 Å². The summed E-state index contributed by atoms with van der Waals surface area (Å²) >= 11 is 5.65. The van der Waals surface area contributed by atoms with E-state index >= 15 is 0 Å². The van der Waals surface area contributed by atoms with E-state index in [1.54, 1.807) is 18.2 Å². The van der Waals surface area contributed by atoms with Crippen LogP contribution in [0.25, 0.3) is 11.0 Å². The van der Waals surface area contributed by atoms with Crippen LogP contribution >= 0.6 is 11.6 Å². The van der Waals surface area contributed by atoms with Crippen LogP contribution in [0.5, 0.6) is 0 Å². The smallest absolute Gasteiger partial charge is 0.336 e. The normalized spacial score (nSPS) is 10.4. The van der Waals surface area contributed by atoms with E-state index in [0.29, 0.717) is 10.6 Å². The molecule has 1 aromatic carbocycles. The van der Waals surface area contributed by atoms with Crippen LogP contribution in [0.4, 0.5) is 0 Å². The molecule has 3 heteroatoms. The number of hydrogen-bond acceptors (Lipinski definition) is 2. The van der Waals surface area contributed by atoms with E-state index in [2.05, 4.69) is 6.07 Å². The average Bonchev–Trinajstić information content (AvgIpc) is 2.03. The summed E-state index contributed by atoms with van der Waals surface area (Å²) in [5.74, 6) is 0. The molecule has 0 aliphatic heterocycles. The van der Waals surface area contributed by atoms with Gasteiger partial charge in [0.25, 0.3) is 0 Å². The van der Waals surface area contributed by atoms with Crippen molar-refractivity contribution in [1.82, 2.24) is 0 Å². The zero-order valence-corrected chi connectivity index (χ0v) is 6.76. The van der Waals surface area contributed by atoms with Gasteiger partial charge in [0, 0.05) is 23.6 Å². The summed E-state index contributed by atoms with van der Waals surface area (Å²) in [7, 11) is 0. The van der Waals surface area contributed by atoms with Crippen LogP contribution < -0.4 is 5.63 Å². The Balaban J connectivity index is 2.89. The molecular formula is C9H4ClO2. The highest BCUT2D eigenvalue weighted by Gasteiger charge is 1.96. The maximum atomic E-state index is 10.8. The molecule has 0 N–H and O–H groups in total. The monoisotopic (exact) mass is 179 g/mol. The zero-order valence-electron chi connectivity index (χ0n) is 6.00. The van der Waals surface area contributed by atoms with Gasteiger partial charge in [0.2, 0.25) is 0 Å². The molecule has 0 spiro atoms. The second-order valence-corrected chi connectivity index (χ2v) is 2.76. The summed E-state index contributed by atoms with van der Waals surface area (Å²) in [6.07, 6.45) is 0. The van der Waals surface area contributed by atoms with Crippen molar-refractivity contribution in [3.05, 3.63) is 45.8 Å². The molecule has 0 fully saturated rings. The summed E-state index contributed by atoms with van der Waals surface area (Å²) in [4.78, 5) is 10.8. The van der Waals surface area contributed by atoms with E-state index in [1.165, 1.54) is 6.07 Å². The molecule has 2 aromatic rings. The fourth-order valence-electron chi connectivity index (χ4n) is 0.977. The number of fused-ring (bicyclic) bond motifs is 1. The largest absolute Gasteiger partial charge is 0.423 e. The van der Waals surface area contributed by atoms with Crippen LogP contribution in [0.3, 0.4) is 0 Å². The van der Waals surface area contributed by atoms with Gasteiger partial charge in [-0.2, -0.15) is 0 Å². The number of rotatable bonds is 0. The first kappa shape index (κ1) is 7.37. The van der Waals surface area contributed by atoms with E-state index < -0.39 is 0 Å². The molecule has 0 atom stereocenters. The lowest BCUT2D eigenvalue weighted by Gasteiger charge is -1.93. The molecule has 1 aromatic heterocycles.